The highest BCUT2D eigenvalue weighted by atomic mass is 16.3. The van der Waals surface area contributed by atoms with Gasteiger partial charge in [0.2, 0.25) is 0 Å². The monoisotopic (exact) mass is 405 g/mol. The fourth-order valence-electron chi connectivity index (χ4n) is 4.69. The average Bonchev–Trinajstić information content (AvgIpc) is 2.69. The molecule has 1 aromatic heterocycles. The molecule has 1 atom stereocenters. The predicted molar refractivity (Wildman–Crippen MR) is 118 cm³/mol. The smallest absolute Gasteiger partial charge is 0.150 e. The molecule has 2 aliphatic rings. The molecule has 0 bridgehead atoms. The minimum atomic E-state index is -1.19. The van der Waals surface area contributed by atoms with Crippen LogP contribution in [0.25, 0.3) is 0 Å². The highest BCUT2D eigenvalue weighted by Crippen LogP contribution is 2.50. The molecule has 2 fully saturated rings. The van der Waals surface area contributed by atoms with Crippen molar-refractivity contribution in [3.8, 4) is 11.8 Å². The second kappa shape index (κ2) is 7.47. The van der Waals surface area contributed by atoms with Crippen molar-refractivity contribution in [2.24, 2.45) is 5.41 Å². The van der Waals surface area contributed by atoms with E-state index in [1.165, 1.54) is 5.56 Å². The summed E-state index contributed by atoms with van der Waals surface area (Å²) in [6, 6.07) is 10.2. The summed E-state index contributed by atoms with van der Waals surface area (Å²) in [5.41, 5.74) is 1.05. The van der Waals surface area contributed by atoms with Gasteiger partial charge in [0.25, 0.3) is 0 Å². The molecule has 5 heteroatoms. The van der Waals surface area contributed by atoms with Crippen LogP contribution in [0.4, 0.5) is 0 Å². The lowest BCUT2D eigenvalue weighted by atomic mass is 9.62. The molecular weight excluding hydrogens is 374 g/mol. The van der Waals surface area contributed by atoms with E-state index in [0.717, 1.165) is 24.2 Å². The van der Waals surface area contributed by atoms with Crippen LogP contribution in [0.15, 0.2) is 42.7 Å². The first-order chi connectivity index (χ1) is 14.2. The topological polar surface area (TPSA) is 68.6 Å². The second-order valence-electron chi connectivity index (χ2n) is 9.57. The van der Waals surface area contributed by atoms with Crippen LogP contribution in [0.3, 0.4) is 0 Å². The predicted octanol–water partition coefficient (Wildman–Crippen LogP) is 2.08. The summed E-state index contributed by atoms with van der Waals surface area (Å²) in [6.07, 6.45) is 3.42. The summed E-state index contributed by atoms with van der Waals surface area (Å²) in [4.78, 5) is 6.60. The molecular formula is C25H31N3O2. The maximum atomic E-state index is 12.2. The molecule has 0 unspecified atom stereocenters. The third-order valence-corrected chi connectivity index (χ3v) is 6.54. The third kappa shape index (κ3) is 3.55. The minimum Gasteiger partial charge on any atom is -0.380 e. The molecule has 2 aromatic rings. The first-order valence-corrected chi connectivity index (χ1v) is 10.6. The number of nitrogens with one attached hydrogen (secondary N) is 1. The van der Waals surface area contributed by atoms with Gasteiger partial charge in [-0.3, -0.25) is 4.98 Å². The van der Waals surface area contributed by atoms with Gasteiger partial charge in [-0.1, -0.05) is 56.9 Å². The van der Waals surface area contributed by atoms with Gasteiger partial charge < -0.3 is 20.4 Å². The number of aliphatic hydroxyl groups is 2. The summed E-state index contributed by atoms with van der Waals surface area (Å²) in [6.45, 7) is 8.99. The molecule has 0 radical (unpaired) electrons. The summed E-state index contributed by atoms with van der Waals surface area (Å²) in [5.74, 6) is 6.42. The summed E-state index contributed by atoms with van der Waals surface area (Å²) < 4.78 is 0. The van der Waals surface area contributed by atoms with Crippen LogP contribution < -0.4 is 5.32 Å². The first-order valence-electron chi connectivity index (χ1n) is 10.6. The molecule has 3 heterocycles. The molecule has 3 N–H and O–H groups in total. The molecule has 1 aromatic carbocycles. The lowest BCUT2D eigenvalue weighted by Crippen LogP contribution is -2.63. The zero-order valence-corrected chi connectivity index (χ0v) is 18.2. The Balaban J connectivity index is 1.76. The normalized spacial score (nSPS) is 21.7. The van der Waals surface area contributed by atoms with Crippen LogP contribution in [0.2, 0.25) is 0 Å². The number of nitrogens with zero attached hydrogens (tertiary/aromatic N) is 2. The lowest BCUT2D eigenvalue weighted by Gasteiger charge is -2.55. The van der Waals surface area contributed by atoms with Gasteiger partial charge in [0.1, 0.15) is 11.2 Å². The number of hydrogen-bond donors (Lipinski definition) is 3. The van der Waals surface area contributed by atoms with Crippen LogP contribution in [0.1, 0.15) is 48.9 Å². The van der Waals surface area contributed by atoms with Gasteiger partial charge in [-0.25, -0.2) is 0 Å². The quantitative estimate of drug-likeness (QED) is 0.680. The van der Waals surface area contributed by atoms with E-state index in [1.807, 2.05) is 18.2 Å². The van der Waals surface area contributed by atoms with Gasteiger partial charge in [-0.05, 0) is 30.2 Å². The number of β-amino-alcohol motifs (C(OH)–C–C–N with tert-alkyl or cyclic N) is 1. The SMILES string of the molecule is CC(C)c1ccc([C@](O)(c2cncc(C#CC3(O)CNC3)c2)C2(C)CN(C)C2)cc1. The average molecular weight is 406 g/mol. The van der Waals surface area contributed by atoms with Crippen molar-refractivity contribution in [2.45, 2.75) is 37.9 Å². The number of pyridine rings is 1. The Bertz CT molecular complexity index is 979. The Hall–Kier alpha value is -2.23. The Labute approximate surface area is 179 Å². The van der Waals surface area contributed by atoms with Crippen molar-refractivity contribution in [3.05, 3.63) is 65.0 Å². The highest BCUT2D eigenvalue weighted by molar-refractivity contribution is 5.45. The standard InChI is InChI=1S/C25H31N3O2/c1-18(2)20-5-7-21(8-6-20)25(30,23(3)16-28(4)17-23)22-11-19(12-26-13-22)9-10-24(29)14-27-15-24/h5-8,11-13,18,27,29-30H,14-17H2,1-4H3/t25-/m0/s1. The van der Waals surface area contributed by atoms with E-state index < -0.39 is 11.2 Å². The van der Waals surface area contributed by atoms with E-state index in [2.05, 4.69) is 67.0 Å². The van der Waals surface area contributed by atoms with Gasteiger partial charge in [-0.15, -0.1) is 0 Å². The minimum absolute atomic E-state index is 0.342. The number of benzene rings is 1. The molecule has 5 nitrogen and oxygen atoms in total. The van der Waals surface area contributed by atoms with E-state index in [4.69, 9.17) is 0 Å². The van der Waals surface area contributed by atoms with E-state index in [1.54, 1.807) is 12.4 Å². The van der Waals surface area contributed by atoms with E-state index in [-0.39, 0.29) is 5.41 Å². The molecule has 0 spiro atoms. The molecule has 158 valence electrons. The lowest BCUT2D eigenvalue weighted by molar-refractivity contribution is -0.127. The molecule has 2 aliphatic heterocycles. The highest BCUT2D eigenvalue weighted by Gasteiger charge is 2.55. The fourth-order valence-corrected chi connectivity index (χ4v) is 4.69. The van der Waals surface area contributed by atoms with Gasteiger partial charge in [-0.2, -0.15) is 0 Å². The Kier molecular flexibility index (Phi) is 5.24. The zero-order chi connectivity index (χ0) is 21.6. The van der Waals surface area contributed by atoms with Crippen molar-refractivity contribution in [3.63, 3.8) is 0 Å². The van der Waals surface area contributed by atoms with Crippen molar-refractivity contribution < 1.29 is 10.2 Å². The Morgan fingerprint density at radius 1 is 1.13 bits per heavy atom. The van der Waals surface area contributed by atoms with Crippen molar-refractivity contribution in [1.29, 1.82) is 0 Å². The van der Waals surface area contributed by atoms with Crippen molar-refractivity contribution in [2.75, 3.05) is 33.2 Å². The van der Waals surface area contributed by atoms with E-state index in [0.29, 0.717) is 24.6 Å². The van der Waals surface area contributed by atoms with Gasteiger partial charge in [0.15, 0.2) is 0 Å². The number of rotatable bonds is 4. The molecule has 0 saturated carbocycles. The van der Waals surface area contributed by atoms with E-state index >= 15 is 0 Å². The van der Waals surface area contributed by atoms with Crippen LogP contribution in [0.5, 0.6) is 0 Å². The molecule has 30 heavy (non-hydrogen) atoms. The fraction of sp³-hybridized carbons (Fsp3) is 0.480. The first kappa shape index (κ1) is 21.0. The Morgan fingerprint density at radius 3 is 2.33 bits per heavy atom. The number of aromatic nitrogens is 1. The number of hydrogen-bond acceptors (Lipinski definition) is 5. The maximum absolute atomic E-state index is 12.2. The van der Waals surface area contributed by atoms with Crippen LogP contribution >= 0.6 is 0 Å². The maximum Gasteiger partial charge on any atom is 0.150 e. The second-order valence-corrected chi connectivity index (χ2v) is 9.57. The summed E-state index contributed by atoms with van der Waals surface area (Å²) in [7, 11) is 2.07. The molecule has 4 rings (SSSR count). The van der Waals surface area contributed by atoms with Gasteiger partial charge >= 0.3 is 0 Å². The van der Waals surface area contributed by atoms with Gasteiger partial charge in [0, 0.05) is 55.1 Å². The molecule has 0 aliphatic carbocycles. The van der Waals surface area contributed by atoms with Gasteiger partial charge in [0.05, 0.1) is 0 Å². The summed E-state index contributed by atoms with van der Waals surface area (Å²) in [5, 5.41) is 25.5. The number of likely N-dealkylation sites (tertiary alicyclic amines) is 1. The van der Waals surface area contributed by atoms with Crippen molar-refractivity contribution >= 4 is 0 Å². The molecule has 2 saturated heterocycles. The largest absolute Gasteiger partial charge is 0.380 e. The zero-order valence-electron chi connectivity index (χ0n) is 18.2. The van der Waals surface area contributed by atoms with E-state index in [9.17, 15) is 10.2 Å². The molecule has 0 amide bonds. The van der Waals surface area contributed by atoms with Crippen LogP contribution in [0, 0.1) is 17.3 Å². The van der Waals surface area contributed by atoms with Crippen LogP contribution in [-0.2, 0) is 5.60 Å². The summed E-state index contributed by atoms with van der Waals surface area (Å²) >= 11 is 0. The Morgan fingerprint density at radius 2 is 1.80 bits per heavy atom. The third-order valence-electron chi connectivity index (χ3n) is 6.54. The van der Waals surface area contributed by atoms with Crippen LogP contribution in [-0.4, -0.2) is 58.9 Å². The van der Waals surface area contributed by atoms with Crippen molar-refractivity contribution in [1.82, 2.24) is 15.2 Å².